The Kier molecular flexibility index (Phi) is 6.79. The molecule has 2 fully saturated rings. The van der Waals surface area contributed by atoms with Crippen molar-refractivity contribution in [3.05, 3.63) is 59.6 Å². The number of hydrogen-bond donors (Lipinski definition) is 1. The minimum Gasteiger partial charge on any atom is -0.351 e. The molecule has 176 valence electrons. The van der Waals surface area contributed by atoms with Gasteiger partial charge in [0.2, 0.25) is 21.8 Å². The molecule has 9 heteroatoms. The molecule has 7 nitrogen and oxygen atoms in total. The molecule has 4 rings (SSSR count). The number of amides is 2. The molecule has 2 aromatic rings. The van der Waals surface area contributed by atoms with Crippen LogP contribution in [0.25, 0.3) is 0 Å². The number of anilines is 1. The van der Waals surface area contributed by atoms with E-state index in [1.807, 2.05) is 0 Å². The standard InChI is InChI=1S/C24H28ClN3O4S/c1-24(23(30)26-19-8-4-2-5-9-19)17-27(33(31,32)21-10-6-3-7-11-21)16-22(29)28(24)20-14-12-18(25)13-15-20/h3,6-7,10-15,19H,2,4-5,8-9,16-17H2,1H3,(H,26,30). The number of halogens is 1. The molecule has 1 unspecified atom stereocenters. The Balaban J connectivity index is 1.71. The lowest BCUT2D eigenvalue weighted by Gasteiger charge is -2.47. The Hall–Kier alpha value is -2.42. The Bertz CT molecular complexity index is 1120. The molecule has 1 N–H and O–H groups in total. The number of carbonyl (C=O) groups is 2. The van der Waals surface area contributed by atoms with E-state index in [0.717, 1.165) is 36.4 Å². The van der Waals surface area contributed by atoms with Gasteiger partial charge < -0.3 is 5.32 Å². The van der Waals surface area contributed by atoms with Crippen LogP contribution in [0, 0.1) is 0 Å². The van der Waals surface area contributed by atoms with Gasteiger partial charge in [-0.1, -0.05) is 49.1 Å². The summed E-state index contributed by atoms with van der Waals surface area (Å²) in [6.45, 7) is 1.12. The van der Waals surface area contributed by atoms with E-state index >= 15 is 0 Å². The number of nitrogens with one attached hydrogen (secondary N) is 1. The van der Waals surface area contributed by atoms with Crippen LogP contribution in [-0.4, -0.2) is 49.2 Å². The van der Waals surface area contributed by atoms with Gasteiger partial charge in [-0.05, 0) is 56.2 Å². The van der Waals surface area contributed by atoms with Crippen LogP contribution in [0.4, 0.5) is 5.69 Å². The fourth-order valence-electron chi connectivity index (χ4n) is 4.66. The average Bonchev–Trinajstić information content (AvgIpc) is 2.81. The van der Waals surface area contributed by atoms with Gasteiger partial charge in [-0.3, -0.25) is 14.5 Å². The summed E-state index contributed by atoms with van der Waals surface area (Å²) >= 11 is 6.03. The second-order valence-corrected chi connectivity index (χ2v) is 11.2. The van der Waals surface area contributed by atoms with Crippen molar-refractivity contribution < 1.29 is 18.0 Å². The summed E-state index contributed by atoms with van der Waals surface area (Å²) in [6, 6.07) is 14.6. The fourth-order valence-corrected chi connectivity index (χ4v) is 6.29. The Labute approximate surface area is 199 Å². The van der Waals surface area contributed by atoms with E-state index in [1.54, 1.807) is 49.4 Å². The first kappa shape index (κ1) is 23.7. The number of carbonyl (C=O) groups excluding carboxylic acids is 2. The summed E-state index contributed by atoms with van der Waals surface area (Å²) in [5, 5.41) is 3.60. The van der Waals surface area contributed by atoms with Gasteiger partial charge in [-0.2, -0.15) is 4.31 Å². The molecule has 0 radical (unpaired) electrons. The van der Waals surface area contributed by atoms with Crippen LogP contribution in [0.3, 0.4) is 0 Å². The molecule has 2 aliphatic rings. The smallest absolute Gasteiger partial charge is 0.247 e. The second kappa shape index (κ2) is 9.44. The molecular formula is C24H28ClN3O4S. The Morgan fingerprint density at radius 2 is 1.67 bits per heavy atom. The van der Waals surface area contributed by atoms with E-state index in [0.29, 0.717) is 10.7 Å². The largest absolute Gasteiger partial charge is 0.351 e. The summed E-state index contributed by atoms with van der Waals surface area (Å²) in [6.07, 6.45) is 4.97. The number of sulfonamides is 1. The zero-order valence-corrected chi connectivity index (χ0v) is 20.1. The lowest BCUT2D eigenvalue weighted by Crippen LogP contribution is -2.70. The van der Waals surface area contributed by atoms with Crippen molar-refractivity contribution in [1.82, 2.24) is 9.62 Å². The van der Waals surface area contributed by atoms with E-state index in [2.05, 4.69) is 5.32 Å². The van der Waals surface area contributed by atoms with Crippen molar-refractivity contribution in [3.8, 4) is 0 Å². The van der Waals surface area contributed by atoms with Crippen LogP contribution in [0.1, 0.15) is 39.0 Å². The van der Waals surface area contributed by atoms with Gasteiger partial charge in [0.25, 0.3) is 0 Å². The van der Waals surface area contributed by atoms with Crippen molar-refractivity contribution in [2.24, 2.45) is 0 Å². The zero-order chi connectivity index (χ0) is 23.6. The normalized spacial score (nSPS) is 22.8. The number of hydrogen-bond acceptors (Lipinski definition) is 4. The first-order chi connectivity index (χ1) is 15.7. The van der Waals surface area contributed by atoms with E-state index in [4.69, 9.17) is 11.6 Å². The second-order valence-electron chi connectivity index (χ2n) is 8.87. The average molecular weight is 490 g/mol. The third-order valence-electron chi connectivity index (χ3n) is 6.43. The van der Waals surface area contributed by atoms with Crippen LogP contribution in [0.2, 0.25) is 5.02 Å². The number of benzene rings is 2. The molecule has 1 aliphatic heterocycles. The number of nitrogens with zero attached hydrogens (tertiary/aromatic N) is 2. The highest BCUT2D eigenvalue weighted by molar-refractivity contribution is 7.89. The van der Waals surface area contributed by atoms with Crippen LogP contribution < -0.4 is 10.2 Å². The maximum Gasteiger partial charge on any atom is 0.247 e. The Morgan fingerprint density at radius 3 is 2.30 bits per heavy atom. The molecule has 0 aromatic heterocycles. The molecule has 1 saturated heterocycles. The lowest BCUT2D eigenvalue weighted by molar-refractivity contribution is -0.133. The zero-order valence-electron chi connectivity index (χ0n) is 18.5. The van der Waals surface area contributed by atoms with Crippen molar-refractivity contribution in [1.29, 1.82) is 0 Å². The van der Waals surface area contributed by atoms with Gasteiger partial charge in [-0.25, -0.2) is 8.42 Å². The first-order valence-electron chi connectivity index (χ1n) is 11.2. The molecule has 0 bridgehead atoms. The molecule has 1 heterocycles. The molecule has 0 spiro atoms. The van der Waals surface area contributed by atoms with Crippen LogP contribution in [0.15, 0.2) is 59.5 Å². The van der Waals surface area contributed by atoms with Crippen LogP contribution >= 0.6 is 11.6 Å². The number of rotatable bonds is 5. The van der Waals surface area contributed by atoms with Gasteiger partial charge in [0.05, 0.1) is 11.4 Å². The number of piperazine rings is 1. The minimum atomic E-state index is -3.96. The van der Waals surface area contributed by atoms with Crippen molar-refractivity contribution in [3.63, 3.8) is 0 Å². The predicted octanol–water partition coefficient (Wildman–Crippen LogP) is 3.59. The van der Waals surface area contributed by atoms with E-state index in [-0.39, 0.29) is 29.9 Å². The van der Waals surface area contributed by atoms with Gasteiger partial charge in [0.1, 0.15) is 5.54 Å². The van der Waals surface area contributed by atoms with E-state index in [1.165, 1.54) is 17.0 Å². The predicted molar refractivity (Wildman–Crippen MR) is 128 cm³/mol. The maximum absolute atomic E-state index is 13.6. The van der Waals surface area contributed by atoms with E-state index in [9.17, 15) is 18.0 Å². The van der Waals surface area contributed by atoms with Gasteiger partial charge >= 0.3 is 0 Å². The van der Waals surface area contributed by atoms with Gasteiger partial charge in [0.15, 0.2) is 0 Å². The van der Waals surface area contributed by atoms with Crippen LogP contribution in [-0.2, 0) is 19.6 Å². The fraction of sp³-hybridized carbons (Fsp3) is 0.417. The van der Waals surface area contributed by atoms with Gasteiger partial charge in [-0.15, -0.1) is 0 Å². The monoisotopic (exact) mass is 489 g/mol. The SMILES string of the molecule is CC1(C(=O)NC2CCCCC2)CN(S(=O)(=O)c2ccccc2)CC(=O)N1c1ccc(Cl)cc1. The van der Waals surface area contributed by atoms with Crippen molar-refractivity contribution >= 4 is 39.1 Å². The minimum absolute atomic E-state index is 0.0198. The van der Waals surface area contributed by atoms with Crippen molar-refractivity contribution in [2.75, 3.05) is 18.0 Å². The molecule has 1 atom stereocenters. The highest BCUT2D eigenvalue weighted by Gasteiger charge is 2.51. The molecule has 1 aliphatic carbocycles. The summed E-state index contributed by atoms with van der Waals surface area (Å²) in [5.74, 6) is -0.824. The first-order valence-corrected chi connectivity index (χ1v) is 13.0. The van der Waals surface area contributed by atoms with Crippen molar-refractivity contribution in [2.45, 2.75) is 55.5 Å². The third kappa shape index (κ3) is 4.78. The Morgan fingerprint density at radius 1 is 1.03 bits per heavy atom. The van der Waals surface area contributed by atoms with E-state index < -0.39 is 21.5 Å². The highest BCUT2D eigenvalue weighted by atomic mass is 35.5. The maximum atomic E-state index is 13.6. The summed E-state index contributed by atoms with van der Waals surface area (Å²) in [4.78, 5) is 28.5. The lowest BCUT2D eigenvalue weighted by atomic mass is 9.91. The van der Waals surface area contributed by atoms with Crippen LogP contribution in [0.5, 0.6) is 0 Å². The third-order valence-corrected chi connectivity index (χ3v) is 8.49. The summed E-state index contributed by atoms with van der Waals surface area (Å²) in [5.41, 5.74) is -0.926. The van der Waals surface area contributed by atoms with Gasteiger partial charge in [0, 0.05) is 23.3 Å². The molecular weight excluding hydrogens is 462 g/mol. The molecule has 2 amide bonds. The summed E-state index contributed by atoms with van der Waals surface area (Å²) in [7, 11) is -3.96. The quantitative estimate of drug-likeness (QED) is 0.695. The topological polar surface area (TPSA) is 86.8 Å². The molecule has 1 saturated carbocycles. The molecule has 2 aromatic carbocycles. The molecule has 33 heavy (non-hydrogen) atoms. The highest BCUT2D eigenvalue weighted by Crippen LogP contribution is 2.33. The summed E-state index contributed by atoms with van der Waals surface area (Å²) < 4.78 is 27.8.